The molecule has 26 heavy (non-hydrogen) atoms. The molecule has 0 bridgehead atoms. The predicted octanol–water partition coefficient (Wildman–Crippen LogP) is 5.59. The van der Waals surface area contributed by atoms with E-state index in [4.69, 9.17) is 5.73 Å². The summed E-state index contributed by atoms with van der Waals surface area (Å²) in [5, 5.41) is 6.08. The third kappa shape index (κ3) is 2.43. The Hall–Kier alpha value is -3.23. The Bertz CT molecular complexity index is 1250. The minimum absolute atomic E-state index is 0.182. The fourth-order valence-electron chi connectivity index (χ4n) is 3.72. The number of nitrogens with two attached hydrogens (primary N) is 1. The maximum atomic E-state index is 6.66. The first-order valence-electron chi connectivity index (χ1n) is 8.81. The topological polar surface area (TPSA) is 38.9 Å². The summed E-state index contributed by atoms with van der Waals surface area (Å²) >= 11 is 0. The molecule has 0 aliphatic rings. The predicted molar refractivity (Wildman–Crippen MR) is 109 cm³/mol. The Kier molecular flexibility index (Phi) is 3.44. The van der Waals surface area contributed by atoms with Crippen LogP contribution in [-0.4, -0.2) is 4.98 Å². The molecular weight excluding hydrogens is 316 g/mol. The van der Waals surface area contributed by atoms with Crippen molar-refractivity contribution in [3.8, 4) is 0 Å². The molecule has 1 aromatic heterocycles. The van der Waals surface area contributed by atoms with Gasteiger partial charge in [-0.05, 0) is 63.0 Å². The van der Waals surface area contributed by atoms with Crippen LogP contribution in [-0.2, 0) is 0 Å². The number of fused-ring (bicyclic) bond motifs is 3. The summed E-state index contributed by atoms with van der Waals surface area (Å²) < 4.78 is 0. The molecule has 124 valence electrons. The summed E-state index contributed by atoms with van der Waals surface area (Å²) in [6, 6.07) is 29.4. The largest absolute Gasteiger partial charge is 0.320 e. The second-order valence-electron chi connectivity index (χ2n) is 6.70. The Labute approximate surface area is 151 Å². The van der Waals surface area contributed by atoms with Crippen LogP contribution in [0.25, 0.3) is 32.4 Å². The quantitative estimate of drug-likeness (QED) is 0.427. The highest BCUT2D eigenvalue weighted by molar-refractivity contribution is 5.98. The van der Waals surface area contributed by atoms with Crippen molar-refractivity contribution in [1.82, 2.24) is 4.98 Å². The van der Waals surface area contributed by atoms with Gasteiger partial charge < -0.3 is 5.73 Å². The molecule has 1 heterocycles. The number of hydrogen-bond acceptors (Lipinski definition) is 2. The highest BCUT2D eigenvalue weighted by Gasteiger charge is 2.13. The third-order valence-electron chi connectivity index (χ3n) is 5.11. The molecule has 0 spiro atoms. The van der Waals surface area contributed by atoms with Crippen LogP contribution in [0.4, 0.5) is 0 Å². The van der Waals surface area contributed by atoms with E-state index >= 15 is 0 Å². The third-order valence-corrected chi connectivity index (χ3v) is 5.11. The lowest BCUT2D eigenvalue weighted by Crippen LogP contribution is -2.12. The smallest absolute Gasteiger partial charge is 0.0705 e. The lowest BCUT2D eigenvalue weighted by molar-refractivity contribution is 0.881. The maximum Gasteiger partial charge on any atom is 0.0705 e. The highest BCUT2D eigenvalue weighted by Crippen LogP contribution is 2.30. The van der Waals surface area contributed by atoms with E-state index in [1.165, 1.54) is 21.5 Å². The molecule has 0 aliphatic heterocycles. The Balaban J connectivity index is 1.66. The summed E-state index contributed by atoms with van der Waals surface area (Å²) in [5.41, 5.74) is 9.86. The summed E-state index contributed by atoms with van der Waals surface area (Å²) in [5.74, 6) is 0. The van der Waals surface area contributed by atoms with E-state index in [9.17, 15) is 0 Å². The van der Waals surface area contributed by atoms with Gasteiger partial charge in [0, 0.05) is 11.6 Å². The van der Waals surface area contributed by atoms with E-state index in [2.05, 4.69) is 65.6 Å². The minimum atomic E-state index is -0.182. The summed E-state index contributed by atoms with van der Waals surface area (Å²) in [4.78, 5) is 4.45. The standard InChI is InChI=1S/C24H18N2/c25-24(22-11-12-26-23-8-4-3-7-21(22)23)19-10-9-18-13-16-5-1-2-6-17(16)14-20(18)15-19/h1-15,24H,25H2. The number of hydrogen-bond donors (Lipinski definition) is 1. The van der Waals surface area contributed by atoms with Gasteiger partial charge in [0.1, 0.15) is 0 Å². The second-order valence-corrected chi connectivity index (χ2v) is 6.70. The van der Waals surface area contributed by atoms with Gasteiger partial charge in [-0.15, -0.1) is 0 Å². The SMILES string of the molecule is NC(c1ccc2cc3ccccc3cc2c1)c1ccnc2ccccc12. The lowest BCUT2D eigenvalue weighted by Gasteiger charge is -2.16. The monoisotopic (exact) mass is 334 g/mol. The van der Waals surface area contributed by atoms with Crippen molar-refractivity contribution < 1.29 is 0 Å². The Morgan fingerprint density at radius 3 is 2.19 bits per heavy atom. The van der Waals surface area contributed by atoms with Gasteiger partial charge in [-0.3, -0.25) is 4.98 Å². The summed E-state index contributed by atoms with van der Waals surface area (Å²) in [6.45, 7) is 0. The average molecular weight is 334 g/mol. The molecule has 0 fully saturated rings. The fraction of sp³-hybridized carbons (Fsp3) is 0.0417. The van der Waals surface area contributed by atoms with Gasteiger partial charge in [0.05, 0.1) is 11.6 Å². The molecule has 0 saturated heterocycles. The van der Waals surface area contributed by atoms with Crippen molar-refractivity contribution in [1.29, 1.82) is 0 Å². The van der Waals surface area contributed by atoms with Crippen LogP contribution in [0, 0.1) is 0 Å². The number of aromatic nitrogens is 1. The molecule has 0 amide bonds. The molecule has 0 aliphatic carbocycles. The summed E-state index contributed by atoms with van der Waals surface area (Å²) in [7, 11) is 0. The van der Waals surface area contributed by atoms with Gasteiger partial charge in [0.25, 0.3) is 0 Å². The van der Waals surface area contributed by atoms with E-state index in [-0.39, 0.29) is 6.04 Å². The minimum Gasteiger partial charge on any atom is -0.320 e. The van der Waals surface area contributed by atoms with Gasteiger partial charge in [-0.1, -0.05) is 54.6 Å². The van der Waals surface area contributed by atoms with Gasteiger partial charge in [-0.2, -0.15) is 0 Å². The number of nitrogens with zero attached hydrogens (tertiary/aromatic N) is 1. The van der Waals surface area contributed by atoms with Crippen LogP contribution in [0.5, 0.6) is 0 Å². The lowest BCUT2D eigenvalue weighted by atomic mass is 9.94. The van der Waals surface area contributed by atoms with Crippen molar-refractivity contribution in [2.24, 2.45) is 5.73 Å². The first kappa shape index (κ1) is 15.1. The van der Waals surface area contributed by atoms with Crippen molar-refractivity contribution in [3.63, 3.8) is 0 Å². The Morgan fingerprint density at radius 1 is 0.654 bits per heavy atom. The van der Waals surface area contributed by atoms with Crippen LogP contribution in [0.15, 0.2) is 91.1 Å². The van der Waals surface area contributed by atoms with E-state index in [1.54, 1.807) is 0 Å². The van der Waals surface area contributed by atoms with E-state index in [1.807, 2.05) is 30.5 Å². The molecule has 0 radical (unpaired) electrons. The fourth-order valence-corrected chi connectivity index (χ4v) is 3.72. The highest BCUT2D eigenvalue weighted by atomic mass is 14.7. The van der Waals surface area contributed by atoms with E-state index < -0.39 is 0 Å². The van der Waals surface area contributed by atoms with E-state index in [0.717, 1.165) is 22.0 Å². The van der Waals surface area contributed by atoms with E-state index in [0.29, 0.717) is 0 Å². The zero-order valence-electron chi connectivity index (χ0n) is 14.3. The average Bonchev–Trinajstić information content (AvgIpc) is 2.71. The van der Waals surface area contributed by atoms with Crippen LogP contribution in [0.1, 0.15) is 17.2 Å². The summed E-state index contributed by atoms with van der Waals surface area (Å²) in [6.07, 6.45) is 1.84. The van der Waals surface area contributed by atoms with Gasteiger partial charge in [-0.25, -0.2) is 0 Å². The zero-order valence-corrected chi connectivity index (χ0v) is 14.3. The number of para-hydroxylation sites is 1. The van der Waals surface area contributed by atoms with Gasteiger partial charge in [0.15, 0.2) is 0 Å². The molecule has 2 N–H and O–H groups in total. The number of pyridine rings is 1. The van der Waals surface area contributed by atoms with Crippen molar-refractivity contribution >= 4 is 32.4 Å². The van der Waals surface area contributed by atoms with Gasteiger partial charge >= 0.3 is 0 Å². The first-order valence-corrected chi connectivity index (χ1v) is 8.81. The molecule has 5 rings (SSSR count). The molecule has 1 atom stereocenters. The Morgan fingerprint density at radius 2 is 1.35 bits per heavy atom. The molecule has 2 heteroatoms. The van der Waals surface area contributed by atoms with Crippen molar-refractivity contribution in [2.45, 2.75) is 6.04 Å². The van der Waals surface area contributed by atoms with Gasteiger partial charge in [0.2, 0.25) is 0 Å². The molecular formula is C24H18N2. The first-order chi connectivity index (χ1) is 12.8. The van der Waals surface area contributed by atoms with Crippen LogP contribution < -0.4 is 5.73 Å². The maximum absolute atomic E-state index is 6.66. The number of benzene rings is 4. The molecule has 4 aromatic carbocycles. The van der Waals surface area contributed by atoms with Crippen LogP contribution >= 0.6 is 0 Å². The zero-order chi connectivity index (χ0) is 17.5. The van der Waals surface area contributed by atoms with Crippen molar-refractivity contribution in [2.75, 3.05) is 0 Å². The molecule has 1 unspecified atom stereocenters. The normalized spacial score (nSPS) is 12.7. The molecule has 5 aromatic rings. The molecule has 2 nitrogen and oxygen atoms in total. The second kappa shape index (κ2) is 5.94. The van der Waals surface area contributed by atoms with Crippen molar-refractivity contribution in [3.05, 3.63) is 102 Å². The van der Waals surface area contributed by atoms with Crippen LogP contribution in [0.3, 0.4) is 0 Å². The number of rotatable bonds is 2. The van der Waals surface area contributed by atoms with Crippen LogP contribution in [0.2, 0.25) is 0 Å². The molecule has 0 saturated carbocycles.